The first kappa shape index (κ1) is 11.4. The second-order valence-corrected chi connectivity index (χ2v) is 4.59. The molecule has 1 aliphatic rings. The lowest BCUT2D eigenvalue weighted by Gasteiger charge is -2.29. The molecule has 0 spiro atoms. The number of likely N-dealkylation sites (tertiary alicyclic amines) is 1. The summed E-state index contributed by atoms with van der Waals surface area (Å²) in [6.45, 7) is 1.17. The van der Waals surface area contributed by atoms with Crippen molar-refractivity contribution < 1.29 is 9.18 Å². The van der Waals surface area contributed by atoms with Crippen LogP contribution < -0.4 is 0 Å². The van der Waals surface area contributed by atoms with Crippen LogP contribution in [0.1, 0.15) is 23.2 Å². The van der Waals surface area contributed by atoms with Crippen molar-refractivity contribution in [1.82, 2.24) is 4.90 Å². The van der Waals surface area contributed by atoms with Gasteiger partial charge in [-0.05, 0) is 25.0 Å². The van der Waals surface area contributed by atoms with Gasteiger partial charge in [0.25, 0.3) is 5.91 Å². The number of carbonyl (C=O) groups is 1. The second kappa shape index (κ2) is 4.83. The summed E-state index contributed by atoms with van der Waals surface area (Å²) in [5.74, 6) is -0.729. The molecule has 1 aliphatic heterocycles. The van der Waals surface area contributed by atoms with E-state index in [-0.39, 0.29) is 16.8 Å². The number of carbonyl (C=O) groups excluding carboxylic acids is 1. The summed E-state index contributed by atoms with van der Waals surface area (Å²) in [6.07, 6.45) is 1.80. The number of halogens is 2. The summed E-state index contributed by atoms with van der Waals surface area (Å²) in [4.78, 5) is 13.6. The third-order valence-electron chi connectivity index (χ3n) is 2.76. The Balaban J connectivity index is 2.16. The predicted molar refractivity (Wildman–Crippen MR) is 61.2 cm³/mol. The van der Waals surface area contributed by atoms with E-state index in [1.54, 1.807) is 17.0 Å². The summed E-state index contributed by atoms with van der Waals surface area (Å²) in [5, 5.41) is -0.00975. The van der Waals surface area contributed by atoms with Gasteiger partial charge in [0.1, 0.15) is 5.82 Å². The lowest BCUT2D eigenvalue weighted by Crippen LogP contribution is -2.40. The maximum absolute atomic E-state index is 13.4. The van der Waals surface area contributed by atoms with Crippen LogP contribution in [0.3, 0.4) is 0 Å². The maximum atomic E-state index is 13.4. The van der Waals surface area contributed by atoms with E-state index in [4.69, 9.17) is 11.6 Å². The van der Waals surface area contributed by atoms with Crippen molar-refractivity contribution in [3.63, 3.8) is 0 Å². The molecule has 1 fully saturated rings. The zero-order valence-electron chi connectivity index (χ0n) is 8.83. The number of nitrogens with zero attached hydrogens (tertiary/aromatic N) is 1. The van der Waals surface area contributed by atoms with Gasteiger partial charge in [-0.25, -0.2) is 4.39 Å². The number of rotatable bonds is 1. The molecular weight excluding hydrogens is 229 g/mol. The predicted octanol–water partition coefficient (Wildman–Crippen LogP) is 2.67. The first-order valence-electron chi connectivity index (χ1n) is 5.36. The van der Waals surface area contributed by atoms with Crippen molar-refractivity contribution >= 4 is 17.5 Å². The Hall–Kier alpha value is -1.09. The average Bonchev–Trinajstić information content (AvgIpc) is 2.29. The molecule has 0 aliphatic carbocycles. The fourth-order valence-corrected chi connectivity index (χ4v) is 2.24. The SMILES string of the molecule is O=C(c1ccccc1F)N1CCCC(Cl)C1. The molecular formula is C12H13ClFNO. The highest BCUT2D eigenvalue weighted by atomic mass is 35.5. The number of piperidine rings is 1. The molecule has 1 heterocycles. The van der Waals surface area contributed by atoms with Gasteiger partial charge in [-0.1, -0.05) is 12.1 Å². The molecule has 4 heteroatoms. The van der Waals surface area contributed by atoms with Crippen molar-refractivity contribution in [1.29, 1.82) is 0 Å². The van der Waals surface area contributed by atoms with E-state index >= 15 is 0 Å². The highest BCUT2D eigenvalue weighted by Crippen LogP contribution is 2.18. The molecule has 0 radical (unpaired) electrons. The number of hydrogen-bond donors (Lipinski definition) is 0. The Morgan fingerprint density at radius 1 is 1.44 bits per heavy atom. The van der Waals surface area contributed by atoms with Crippen LogP contribution in [0.2, 0.25) is 0 Å². The smallest absolute Gasteiger partial charge is 0.256 e. The van der Waals surface area contributed by atoms with E-state index in [1.807, 2.05) is 0 Å². The molecule has 0 aromatic heterocycles. The summed E-state index contributed by atoms with van der Waals surface area (Å²) < 4.78 is 13.4. The van der Waals surface area contributed by atoms with E-state index in [0.717, 1.165) is 12.8 Å². The van der Waals surface area contributed by atoms with Gasteiger partial charge < -0.3 is 4.90 Å². The fourth-order valence-electron chi connectivity index (χ4n) is 1.91. The molecule has 16 heavy (non-hydrogen) atoms. The number of benzene rings is 1. The van der Waals surface area contributed by atoms with Crippen LogP contribution in [-0.4, -0.2) is 29.3 Å². The van der Waals surface area contributed by atoms with Gasteiger partial charge in [-0.15, -0.1) is 11.6 Å². The Labute approximate surface area is 99.0 Å². The Kier molecular flexibility index (Phi) is 3.44. The van der Waals surface area contributed by atoms with Gasteiger partial charge in [-0.2, -0.15) is 0 Å². The quantitative estimate of drug-likeness (QED) is 0.693. The standard InChI is InChI=1S/C12H13ClFNO/c13-9-4-3-7-15(8-9)12(16)10-5-1-2-6-11(10)14/h1-2,5-6,9H,3-4,7-8H2. The van der Waals surface area contributed by atoms with Crippen LogP contribution in [0.4, 0.5) is 4.39 Å². The zero-order chi connectivity index (χ0) is 11.5. The van der Waals surface area contributed by atoms with E-state index < -0.39 is 5.82 Å². The summed E-state index contributed by atoms with van der Waals surface area (Å²) >= 11 is 6.00. The third-order valence-corrected chi connectivity index (χ3v) is 3.11. The minimum absolute atomic E-state index is 0.00975. The second-order valence-electron chi connectivity index (χ2n) is 3.97. The molecule has 2 nitrogen and oxygen atoms in total. The highest BCUT2D eigenvalue weighted by Gasteiger charge is 2.24. The van der Waals surface area contributed by atoms with Gasteiger partial charge in [0.05, 0.1) is 10.9 Å². The first-order valence-corrected chi connectivity index (χ1v) is 5.80. The molecule has 2 rings (SSSR count). The third kappa shape index (κ3) is 2.35. The number of alkyl halides is 1. The van der Waals surface area contributed by atoms with E-state index in [0.29, 0.717) is 13.1 Å². The van der Waals surface area contributed by atoms with E-state index in [9.17, 15) is 9.18 Å². The van der Waals surface area contributed by atoms with Crippen molar-refractivity contribution in [2.75, 3.05) is 13.1 Å². The van der Waals surface area contributed by atoms with Crippen molar-refractivity contribution in [3.05, 3.63) is 35.6 Å². The van der Waals surface area contributed by atoms with E-state index in [2.05, 4.69) is 0 Å². The lowest BCUT2D eigenvalue weighted by molar-refractivity contribution is 0.0722. The minimum Gasteiger partial charge on any atom is -0.337 e. The molecule has 1 saturated heterocycles. The van der Waals surface area contributed by atoms with Crippen LogP contribution in [0, 0.1) is 5.82 Å². The molecule has 1 amide bonds. The summed E-state index contributed by atoms with van der Waals surface area (Å²) in [6, 6.07) is 6.05. The Morgan fingerprint density at radius 2 is 2.19 bits per heavy atom. The van der Waals surface area contributed by atoms with Gasteiger partial charge in [-0.3, -0.25) is 4.79 Å². The monoisotopic (exact) mass is 241 g/mol. The largest absolute Gasteiger partial charge is 0.337 e. The zero-order valence-corrected chi connectivity index (χ0v) is 9.58. The van der Waals surface area contributed by atoms with Crippen LogP contribution in [0.25, 0.3) is 0 Å². The fraction of sp³-hybridized carbons (Fsp3) is 0.417. The van der Waals surface area contributed by atoms with Gasteiger partial charge in [0.15, 0.2) is 0 Å². The molecule has 1 aromatic rings. The highest BCUT2D eigenvalue weighted by molar-refractivity contribution is 6.21. The van der Waals surface area contributed by atoms with E-state index in [1.165, 1.54) is 12.1 Å². The normalized spacial score (nSPS) is 20.9. The molecule has 86 valence electrons. The van der Waals surface area contributed by atoms with Crippen molar-refractivity contribution in [2.45, 2.75) is 18.2 Å². The van der Waals surface area contributed by atoms with Gasteiger partial charge in [0.2, 0.25) is 0 Å². The number of hydrogen-bond acceptors (Lipinski definition) is 1. The molecule has 1 unspecified atom stereocenters. The molecule has 1 aromatic carbocycles. The van der Waals surface area contributed by atoms with Crippen LogP contribution in [0.5, 0.6) is 0 Å². The molecule has 0 N–H and O–H groups in total. The first-order chi connectivity index (χ1) is 7.68. The lowest BCUT2D eigenvalue weighted by atomic mass is 10.1. The Morgan fingerprint density at radius 3 is 2.88 bits per heavy atom. The maximum Gasteiger partial charge on any atom is 0.256 e. The topological polar surface area (TPSA) is 20.3 Å². The van der Waals surface area contributed by atoms with Gasteiger partial charge in [0, 0.05) is 13.1 Å². The van der Waals surface area contributed by atoms with Crippen LogP contribution in [-0.2, 0) is 0 Å². The van der Waals surface area contributed by atoms with Crippen LogP contribution >= 0.6 is 11.6 Å². The van der Waals surface area contributed by atoms with Crippen molar-refractivity contribution in [2.24, 2.45) is 0 Å². The summed E-state index contributed by atoms with van der Waals surface area (Å²) in [5.41, 5.74) is 0.133. The summed E-state index contributed by atoms with van der Waals surface area (Å²) in [7, 11) is 0. The number of amides is 1. The molecule has 0 saturated carbocycles. The molecule has 1 atom stereocenters. The van der Waals surface area contributed by atoms with Gasteiger partial charge >= 0.3 is 0 Å². The Bertz CT molecular complexity index is 396. The van der Waals surface area contributed by atoms with Crippen molar-refractivity contribution in [3.8, 4) is 0 Å². The van der Waals surface area contributed by atoms with Crippen LogP contribution in [0.15, 0.2) is 24.3 Å². The minimum atomic E-state index is -0.468. The molecule has 0 bridgehead atoms. The average molecular weight is 242 g/mol.